The molecule has 0 aliphatic rings. The summed E-state index contributed by atoms with van der Waals surface area (Å²) in [6.07, 6.45) is 2.57. The van der Waals surface area contributed by atoms with E-state index in [9.17, 15) is 0 Å². The number of aromatic amines is 1. The van der Waals surface area contributed by atoms with Gasteiger partial charge in [0.15, 0.2) is 5.82 Å². The first-order chi connectivity index (χ1) is 12.0. The molecule has 6 nitrogen and oxygen atoms in total. The Morgan fingerprint density at radius 3 is 2.60 bits per heavy atom. The summed E-state index contributed by atoms with van der Waals surface area (Å²) < 4.78 is 4.16. The highest BCUT2D eigenvalue weighted by molar-refractivity contribution is 7.71. The second kappa shape index (κ2) is 7.14. The molecule has 1 aromatic carbocycles. The monoisotopic (exact) mass is 354 g/mol. The lowest BCUT2D eigenvalue weighted by atomic mass is 10.1. The van der Waals surface area contributed by atoms with Crippen molar-refractivity contribution in [1.29, 1.82) is 0 Å². The molecule has 0 amide bonds. The molecule has 0 atom stereocenters. The first kappa shape index (κ1) is 17.3. The fourth-order valence-electron chi connectivity index (χ4n) is 2.71. The van der Waals surface area contributed by atoms with E-state index in [0.29, 0.717) is 4.77 Å². The van der Waals surface area contributed by atoms with E-state index in [0.717, 1.165) is 35.7 Å². The molecular weight excluding hydrogens is 332 g/mol. The van der Waals surface area contributed by atoms with Crippen molar-refractivity contribution in [2.75, 3.05) is 0 Å². The molecule has 3 rings (SSSR count). The highest BCUT2D eigenvalue weighted by Crippen LogP contribution is 2.14. The quantitative estimate of drug-likeness (QED) is 0.563. The van der Waals surface area contributed by atoms with Gasteiger partial charge >= 0.3 is 0 Å². The Bertz CT molecular complexity index is 959. The number of nitrogens with zero attached hydrogens (tertiary/aromatic N) is 5. The zero-order chi connectivity index (χ0) is 18.0. The number of aryl methyl sites for hydroxylation is 3. The number of aromatic nitrogens is 5. The SMILES string of the molecule is CCc1n[nH]c(=S)n1/N=C/c1c(C)nn(Cc2ccc(C)cc2)c1C. The highest BCUT2D eigenvalue weighted by atomic mass is 32.1. The second-order valence-electron chi connectivity index (χ2n) is 6.08. The Hall–Kier alpha value is -2.54. The molecule has 25 heavy (non-hydrogen) atoms. The molecule has 7 heteroatoms. The van der Waals surface area contributed by atoms with Crippen LogP contribution in [0.2, 0.25) is 0 Å². The number of benzene rings is 1. The highest BCUT2D eigenvalue weighted by Gasteiger charge is 2.11. The van der Waals surface area contributed by atoms with E-state index in [-0.39, 0.29) is 0 Å². The number of nitrogens with one attached hydrogen (secondary N) is 1. The van der Waals surface area contributed by atoms with Crippen molar-refractivity contribution in [3.8, 4) is 0 Å². The van der Waals surface area contributed by atoms with Crippen LogP contribution in [0, 0.1) is 25.5 Å². The fraction of sp³-hybridized carbons (Fsp3) is 0.333. The number of rotatable bonds is 5. The van der Waals surface area contributed by atoms with Crippen LogP contribution in [0.1, 0.15) is 40.8 Å². The van der Waals surface area contributed by atoms with E-state index in [2.05, 4.69) is 58.5 Å². The van der Waals surface area contributed by atoms with E-state index < -0.39 is 0 Å². The summed E-state index contributed by atoms with van der Waals surface area (Å²) in [6, 6.07) is 8.52. The van der Waals surface area contributed by atoms with Crippen LogP contribution in [-0.2, 0) is 13.0 Å². The van der Waals surface area contributed by atoms with Gasteiger partial charge in [-0.1, -0.05) is 36.8 Å². The first-order valence-corrected chi connectivity index (χ1v) is 8.70. The number of hydrogen-bond donors (Lipinski definition) is 1. The maximum absolute atomic E-state index is 5.23. The van der Waals surface area contributed by atoms with Crippen LogP contribution in [0.3, 0.4) is 0 Å². The average Bonchev–Trinajstić information content (AvgIpc) is 3.08. The summed E-state index contributed by atoms with van der Waals surface area (Å²) >= 11 is 5.23. The van der Waals surface area contributed by atoms with Crippen molar-refractivity contribution in [2.24, 2.45) is 5.10 Å². The summed E-state index contributed by atoms with van der Waals surface area (Å²) in [7, 11) is 0. The third-order valence-corrected chi connectivity index (χ3v) is 4.49. The average molecular weight is 354 g/mol. The molecule has 0 saturated carbocycles. The maximum Gasteiger partial charge on any atom is 0.216 e. The summed E-state index contributed by atoms with van der Waals surface area (Å²) in [6.45, 7) is 8.91. The molecule has 2 aromatic heterocycles. The molecule has 2 heterocycles. The van der Waals surface area contributed by atoms with E-state index in [1.807, 2.05) is 24.7 Å². The van der Waals surface area contributed by atoms with Gasteiger partial charge in [0.05, 0.1) is 18.5 Å². The molecule has 0 bridgehead atoms. The van der Waals surface area contributed by atoms with Crippen molar-refractivity contribution >= 4 is 18.4 Å². The molecule has 1 N–H and O–H groups in total. The van der Waals surface area contributed by atoms with E-state index in [4.69, 9.17) is 12.2 Å². The van der Waals surface area contributed by atoms with Gasteiger partial charge in [0.25, 0.3) is 0 Å². The van der Waals surface area contributed by atoms with Gasteiger partial charge in [-0.3, -0.25) is 9.78 Å². The smallest absolute Gasteiger partial charge is 0.216 e. The van der Waals surface area contributed by atoms with Crippen molar-refractivity contribution in [2.45, 2.75) is 40.7 Å². The van der Waals surface area contributed by atoms with Gasteiger partial charge in [-0.2, -0.15) is 20.0 Å². The molecule has 0 fully saturated rings. The predicted molar refractivity (Wildman–Crippen MR) is 102 cm³/mol. The van der Waals surface area contributed by atoms with Gasteiger partial charge in [0, 0.05) is 17.7 Å². The van der Waals surface area contributed by atoms with Crippen molar-refractivity contribution in [1.82, 2.24) is 24.7 Å². The van der Waals surface area contributed by atoms with Gasteiger partial charge in [-0.15, -0.1) is 0 Å². The molecule has 0 spiro atoms. The third kappa shape index (κ3) is 3.61. The molecule has 3 aromatic rings. The van der Waals surface area contributed by atoms with Crippen LogP contribution in [0.15, 0.2) is 29.4 Å². The minimum Gasteiger partial charge on any atom is -0.265 e. The Labute approximate surface area is 152 Å². The van der Waals surface area contributed by atoms with Crippen molar-refractivity contribution in [3.05, 3.63) is 62.9 Å². The van der Waals surface area contributed by atoms with Crippen LogP contribution in [0.5, 0.6) is 0 Å². The van der Waals surface area contributed by atoms with Crippen molar-refractivity contribution < 1.29 is 0 Å². The largest absolute Gasteiger partial charge is 0.265 e. The normalized spacial score (nSPS) is 11.5. The third-order valence-electron chi connectivity index (χ3n) is 4.23. The number of H-pyrrole nitrogens is 1. The zero-order valence-electron chi connectivity index (χ0n) is 14.9. The Morgan fingerprint density at radius 1 is 1.20 bits per heavy atom. The predicted octanol–water partition coefficient (Wildman–Crippen LogP) is 3.56. The van der Waals surface area contributed by atoms with Gasteiger partial charge < -0.3 is 0 Å². The van der Waals surface area contributed by atoms with Gasteiger partial charge in [0.2, 0.25) is 4.77 Å². The molecule has 0 unspecified atom stereocenters. The summed E-state index contributed by atoms with van der Waals surface area (Å²) in [5.41, 5.74) is 5.52. The van der Waals surface area contributed by atoms with Gasteiger partial charge in [0.1, 0.15) is 0 Å². The van der Waals surface area contributed by atoms with Crippen LogP contribution >= 0.6 is 12.2 Å². The van der Waals surface area contributed by atoms with Gasteiger partial charge in [-0.05, 0) is 38.6 Å². The summed E-state index contributed by atoms with van der Waals surface area (Å²) in [5, 5.41) is 16.1. The van der Waals surface area contributed by atoms with E-state index >= 15 is 0 Å². The van der Waals surface area contributed by atoms with Crippen LogP contribution in [-0.4, -0.2) is 30.9 Å². The maximum atomic E-state index is 5.23. The Kier molecular flexibility index (Phi) is 4.94. The number of hydrogen-bond acceptors (Lipinski definition) is 4. The Balaban J connectivity index is 1.89. The second-order valence-corrected chi connectivity index (χ2v) is 6.47. The molecule has 0 aliphatic heterocycles. The van der Waals surface area contributed by atoms with Crippen molar-refractivity contribution in [3.63, 3.8) is 0 Å². The summed E-state index contributed by atoms with van der Waals surface area (Å²) in [5.74, 6) is 0.809. The topological polar surface area (TPSA) is 63.8 Å². The molecule has 0 aliphatic carbocycles. The van der Waals surface area contributed by atoms with Crippen LogP contribution in [0.25, 0.3) is 0 Å². The first-order valence-electron chi connectivity index (χ1n) is 8.29. The lowest BCUT2D eigenvalue weighted by Crippen LogP contribution is -2.04. The fourth-order valence-corrected chi connectivity index (χ4v) is 2.90. The van der Waals surface area contributed by atoms with E-state index in [1.54, 1.807) is 4.68 Å². The minimum absolute atomic E-state index is 0.496. The van der Waals surface area contributed by atoms with Crippen LogP contribution < -0.4 is 0 Å². The molecule has 0 saturated heterocycles. The Morgan fingerprint density at radius 2 is 1.92 bits per heavy atom. The van der Waals surface area contributed by atoms with Crippen LogP contribution in [0.4, 0.5) is 0 Å². The minimum atomic E-state index is 0.496. The van der Waals surface area contributed by atoms with E-state index in [1.165, 1.54) is 11.1 Å². The molecular formula is C18H22N6S. The molecule has 130 valence electrons. The lowest BCUT2D eigenvalue weighted by Gasteiger charge is -2.05. The standard InChI is InChI=1S/C18H22N6S/c1-5-17-20-21-18(25)24(17)19-10-16-13(3)22-23(14(16)4)11-15-8-6-12(2)7-9-15/h6-10H,5,11H2,1-4H3,(H,21,25)/b19-10+. The lowest BCUT2D eigenvalue weighted by molar-refractivity contribution is 0.659. The summed E-state index contributed by atoms with van der Waals surface area (Å²) in [4.78, 5) is 0. The van der Waals surface area contributed by atoms with Gasteiger partial charge in [-0.25, -0.2) is 0 Å². The molecule has 0 radical (unpaired) electrons. The zero-order valence-corrected chi connectivity index (χ0v) is 15.8.